The van der Waals surface area contributed by atoms with E-state index in [-0.39, 0.29) is 11.6 Å². The Bertz CT molecular complexity index is 132. The Hall–Kier alpha value is -0.120. The van der Waals surface area contributed by atoms with Gasteiger partial charge in [-0.3, -0.25) is 0 Å². The van der Waals surface area contributed by atoms with Crippen LogP contribution in [0.25, 0.3) is 0 Å². The van der Waals surface area contributed by atoms with Crippen LogP contribution in [0.2, 0.25) is 0 Å². The largest absolute Gasteiger partial charge is 0.870 e. The van der Waals surface area contributed by atoms with Crippen LogP contribution in [0.5, 0.6) is 0 Å². The topological polar surface area (TPSA) is 50.2 Å². The van der Waals surface area contributed by atoms with Gasteiger partial charge in [-0.15, -0.1) is 0 Å². The van der Waals surface area contributed by atoms with Crippen molar-refractivity contribution in [1.29, 1.82) is 0 Å². The van der Waals surface area contributed by atoms with E-state index in [0.717, 1.165) is 13.0 Å². The first kappa shape index (κ1) is 18.3. The zero-order valence-electron chi connectivity index (χ0n) is 11.6. The SMILES string of the molecule is CCC[N+](CCC)(CCC)CCC(C)O.[OH-]. The number of hydrogen-bond donors (Lipinski definition) is 1. The molecule has 3 nitrogen and oxygen atoms in total. The smallest absolute Gasteiger partial charge is 0.0811 e. The van der Waals surface area contributed by atoms with Gasteiger partial charge in [-0.2, -0.15) is 0 Å². The number of aliphatic hydroxyl groups excluding tert-OH is 1. The minimum atomic E-state index is -0.145. The fourth-order valence-electron chi connectivity index (χ4n) is 2.55. The summed E-state index contributed by atoms with van der Waals surface area (Å²) in [6.07, 6.45) is 4.55. The highest BCUT2D eigenvalue weighted by Crippen LogP contribution is 2.13. The lowest BCUT2D eigenvalue weighted by atomic mass is 10.1. The second-order valence-corrected chi connectivity index (χ2v) is 4.87. The van der Waals surface area contributed by atoms with Gasteiger partial charge >= 0.3 is 0 Å². The summed E-state index contributed by atoms with van der Waals surface area (Å²) in [6.45, 7) is 13.7. The quantitative estimate of drug-likeness (QED) is 0.622. The van der Waals surface area contributed by atoms with Crippen molar-refractivity contribution in [1.82, 2.24) is 0 Å². The first-order valence-electron chi connectivity index (χ1n) is 6.63. The van der Waals surface area contributed by atoms with Gasteiger partial charge in [0.2, 0.25) is 0 Å². The van der Waals surface area contributed by atoms with Crippen molar-refractivity contribution >= 4 is 0 Å². The lowest BCUT2D eigenvalue weighted by molar-refractivity contribution is -0.928. The average Bonchev–Trinajstić information content (AvgIpc) is 2.16. The molecule has 0 aliphatic heterocycles. The van der Waals surface area contributed by atoms with Gasteiger partial charge in [0.05, 0.1) is 32.3 Å². The maximum atomic E-state index is 9.41. The molecule has 0 radical (unpaired) electrons. The highest BCUT2D eigenvalue weighted by Gasteiger charge is 2.24. The Morgan fingerprint density at radius 1 is 0.875 bits per heavy atom. The van der Waals surface area contributed by atoms with Crippen molar-refractivity contribution in [2.75, 3.05) is 26.2 Å². The van der Waals surface area contributed by atoms with Crippen molar-refractivity contribution in [2.45, 2.75) is 59.5 Å². The Labute approximate surface area is 101 Å². The van der Waals surface area contributed by atoms with Gasteiger partial charge in [0.1, 0.15) is 0 Å². The third kappa shape index (κ3) is 7.20. The molecule has 3 heteroatoms. The van der Waals surface area contributed by atoms with Gasteiger partial charge in [-0.25, -0.2) is 0 Å². The van der Waals surface area contributed by atoms with Crippen molar-refractivity contribution < 1.29 is 15.1 Å². The molecule has 16 heavy (non-hydrogen) atoms. The summed E-state index contributed by atoms with van der Waals surface area (Å²) in [5.74, 6) is 0. The first-order chi connectivity index (χ1) is 7.10. The molecule has 100 valence electrons. The average molecular weight is 233 g/mol. The third-order valence-electron chi connectivity index (χ3n) is 3.12. The standard InChI is InChI=1S/C13H30NO.H2O/c1-5-9-14(10-6-2,11-7-3)12-8-13(4)15;/h13,15H,5-12H2,1-4H3;1H2/q+1;/p-1. The molecule has 0 saturated carbocycles. The zero-order chi connectivity index (χ0) is 11.7. The van der Waals surface area contributed by atoms with E-state index < -0.39 is 0 Å². The summed E-state index contributed by atoms with van der Waals surface area (Å²) in [6, 6.07) is 0. The molecular formula is C13H31NO2. The van der Waals surface area contributed by atoms with Crippen LogP contribution < -0.4 is 0 Å². The van der Waals surface area contributed by atoms with Crippen LogP contribution in [-0.4, -0.2) is 47.3 Å². The molecule has 0 aliphatic rings. The van der Waals surface area contributed by atoms with Gasteiger partial charge in [-0.05, 0) is 26.2 Å². The van der Waals surface area contributed by atoms with Gasteiger partial charge in [0.15, 0.2) is 0 Å². The molecule has 1 unspecified atom stereocenters. The molecule has 0 heterocycles. The lowest BCUT2D eigenvalue weighted by Crippen LogP contribution is -2.51. The maximum absolute atomic E-state index is 9.41. The predicted octanol–water partition coefficient (Wildman–Crippen LogP) is 2.63. The third-order valence-corrected chi connectivity index (χ3v) is 3.12. The van der Waals surface area contributed by atoms with Crippen molar-refractivity contribution in [3.8, 4) is 0 Å². The minimum absolute atomic E-state index is 0. The Kier molecular flexibility index (Phi) is 11.5. The number of rotatable bonds is 9. The Morgan fingerprint density at radius 2 is 1.25 bits per heavy atom. The van der Waals surface area contributed by atoms with Crippen LogP contribution in [0.3, 0.4) is 0 Å². The van der Waals surface area contributed by atoms with Crippen LogP contribution in [0.4, 0.5) is 0 Å². The van der Waals surface area contributed by atoms with Crippen molar-refractivity contribution in [3.05, 3.63) is 0 Å². The van der Waals surface area contributed by atoms with E-state index in [1.54, 1.807) is 0 Å². The Balaban J connectivity index is 0. The molecular weight excluding hydrogens is 202 g/mol. The second kappa shape index (κ2) is 10.1. The number of nitrogens with zero attached hydrogens (tertiary/aromatic N) is 1. The molecule has 0 saturated heterocycles. The van der Waals surface area contributed by atoms with E-state index in [9.17, 15) is 5.11 Å². The number of aliphatic hydroxyl groups is 1. The summed E-state index contributed by atoms with van der Waals surface area (Å²) in [4.78, 5) is 0. The van der Waals surface area contributed by atoms with E-state index in [1.807, 2.05) is 6.92 Å². The fourth-order valence-corrected chi connectivity index (χ4v) is 2.55. The van der Waals surface area contributed by atoms with Crippen LogP contribution in [0, 0.1) is 0 Å². The van der Waals surface area contributed by atoms with E-state index in [1.165, 1.54) is 43.4 Å². The van der Waals surface area contributed by atoms with Crippen molar-refractivity contribution in [3.63, 3.8) is 0 Å². The highest BCUT2D eigenvalue weighted by molar-refractivity contribution is 4.50. The number of hydrogen-bond acceptors (Lipinski definition) is 2. The maximum Gasteiger partial charge on any atom is 0.0811 e. The first-order valence-corrected chi connectivity index (χ1v) is 6.63. The van der Waals surface area contributed by atoms with Gasteiger partial charge in [-0.1, -0.05) is 20.8 Å². The van der Waals surface area contributed by atoms with E-state index in [0.29, 0.717) is 0 Å². The van der Waals surface area contributed by atoms with Crippen LogP contribution in [0.15, 0.2) is 0 Å². The van der Waals surface area contributed by atoms with Gasteiger partial charge in [0, 0.05) is 6.42 Å². The van der Waals surface area contributed by atoms with E-state index >= 15 is 0 Å². The van der Waals surface area contributed by atoms with Crippen LogP contribution in [-0.2, 0) is 0 Å². The molecule has 0 bridgehead atoms. The van der Waals surface area contributed by atoms with Crippen LogP contribution >= 0.6 is 0 Å². The molecule has 0 aliphatic carbocycles. The van der Waals surface area contributed by atoms with E-state index in [4.69, 9.17) is 0 Å². The lowest BCUT2D eigenvalue weighted by Gasteiger charge is -2.39. The van der Waals surface area contributed by atoms with Gasteiger partial charge < -0.3 is 15.1 Å². The van der Waals surface area contributed by atoms with Gasteiger partial charge in [0.25, 0.3) is 0 Å². The molecule has 0 spiro atoms. The summed E-state index contributed by atoms with van der Waals surface area (Å²) in [5.41, 5.74) is 0. The summed E-state index contributed by atoms with van der Waals surface area (Å²) in [7, 11) is 0. The summed E-state index contributed by atoms with van der Waals surface area (Å²) >= 11 is 0. The molecule has 0 aromatic carbocycles. The molecule has 1 atom stereocenters. The second-order valence-electron chi connectivity index (χ2n) is 4.87. The summed E-state index contributed by atoms with van der Waals surface area (Å²) < 4.78 is 1.22. The highest BCUT2D eigenvalue weighted by atomic mass is 16.3. The molecule has 0 aromatic rings. The predicted molar refractivity (Wildman–Crippen MR) is 68.8 cm³/mol. The Morgan fingerprint density at radius 3 is 1.50 bits per heavy atom. The van der Waals surface area contributed by atoms with Crippen molar-refractivity contribution in [2.24, 2.45) is 0 Å². The number of quaternary nitrogens is 1. The zero-order valence-corrected chi connectivity index (χ0v) is 11.6. The molecule has 0 aromatic heterocycles. The molecule has 0 fully saturated rings. The normalized spacial score (nSPS) is 13.3. The molecule has 0 amide bonds. The molecule has 2 N–H and O–H groups in total. The summed E-state index contributed by atoms with van der Waals surface area (Å²) in [5, 5.41) is 9.41. The minimum Gasteiger partial charge on any atom is -0.870 e. The monoisotopic (exact) mass is 233 g/mol. The van der Waals surface area contributed by atoms with Crippen LogP contribution in [0.1, 0.15) is 53.4 Å². The van der Waals surface area contributed by atoms with E-state index in [2.05, 4.69) is 20.8 Å². The fraction of sp³-hybridized carbons (Fsp3) is 1.00. The molecule has 0 rings (SSSR count).